The summed E-state index contributed by atoms with van der Waals surface area (Å²) in [5, 5.41) is 2.75. The number of pyridine rings is 1. The minimum atomic E-state index is -0.585. The predicted molar refractivity (Wildman–Crippen MR) is 78.9 cm³/mol. The Bertz CT molecular complexity index is 611. The molecule has 0 unspecified atom stereocenters. The zero-order chi connectivity index (χ0) is 14.5. The Kier molecular flexibility index (Phi) is 4.35. The minimum absolute atomic E-state index is 0.216. The van der Waals surface area contributed by atoms with Crippen molar-refractivity contribution in [1.82, 2.24) is 4.98 Å². The maximum absolute atomic E-state index is 12.1. The summed E-state index contributed by atoms with van der Waals surface area (Å²) in [5.74, 6) is 1.04. The summed E-state index contributed by atoms with van der Waals surface area (Å²) in [7, 11) is 0. The molecule has 1 heterocycles. The van der Waals surface area contributed by atoms with Crippen LogP contribution in [-0.2, 0) is 4.79 Å². The van der Waals surface area contributed by atoms with Crippen molar-refractivity contribution in [3.63, 3.8) is 0 Å². The number of aromatic nitrogens is 1. The number of carbonyl (C=O) groups is 1. The average Bonchev–Trinajstić information content (AvgIpc) is 2.41. The number of benzene rings is 1. The number of hydrogen-bond acceptors (Lipinski definition) is 3. The van der Waals surface area contributed by atoms with Gasteiger partial charge in [-0.1, -0.05) is 18.2 Å². The Hall–Kier alpha value is -2.36. The van der Waals surface area contributed by atoms with Crippen LogP contribution in [0.4, 0.5) is 5.82 Å². The molecule has 0 aliphatic heterocycles. The summed E-state index contributed by atoms with van der Waals surface area (Å²) in [5.41, 5.74) is 2.05. The van der Waals surface area contributed by atoms with Crippen LogP contribution >= 0.6 is 0 Å². The van der Waals surface area contributed by atoms with Crippen molar-refractivity contribution in [2.75, 3.05) is 5.32 Å². The fourth-order valence-corrected chi connectivity index (χ4v) is 1.77. The first-order valence-corrected chi connectivity index (χ1v) is 6.52. The topological polar surface area (TPSA) is 51.2 Å². The fraction of sp³-hybridized carbons (Fsp3) is 0.250. The molecule has 0 aliphatic carbocycles. The first-order chi connectivity index (χ1) is 9.56. The van der Waals surface area contributed by atoms with Gasteiger partial charge in [-0.3, -0.25) is 4.79 Å². The molecule has 4 heteroatoms. The van der Waals surface area contributed by atoms with Crippen LogP contribution in [0.15, 0.2) is 42.6 Å². The maximum atomic E-state index is 12.1. The molecule has 0 aliphatic rings. The van der Waals surface area contributed by atoms with Gasteiger partial charge in [-0.15, -0.1) is 0 Å². The van der Waals surface area contributed by atoms with E-state index in [1.54, 1.807) is 13.1 Å². The second kappa shape index (κ2) is 6.19. The smallest absolute Gasteiger partial charge is 0.266 e. The summed E-state index contributed by atoms with van der Waals surface area (Å²) in [6, 6.07) is 11.3. The van der Waals surface area contributed by atoms with Crippen LogP contribution < -0.4 is 10.1 Å². The number of anilines is 1. The Morgan fingerprint density at radius 1 is 1.25 bits per heavy atom. The van der Waals surface area contributed by atoms with E-state index in [-0.39, 0.29) is 5.91 Å². The number of carbonyl (C=O) groups excluding carboxylic acids is 1. The van der Waals surface area contributed by atoms with Gasteiger partial charge in [0.15, 0.2) is 6.10 Å². The zero-order valence-electron chi connectivity index (χ0n) is 11.9. The van der Waals surface area contributed by atoms with Gasteiger partial charge >= 0.3 is 0 Å². The lowest BCUT2D eigenvalue weighted by Crippen LogP contribution is -2.30. The van der Waals surface area contributed by atoms with Crippen molar-refractivity contribution in [2.24, 2.45) is 0 Å². The van der Waals surface area contributed by atoms with E-state index >= 15 is 0 Å². The second-order valence-corrected chi connectivity index (χ2v) is 4.73. The number of aryl methyl sites for hydroxylation is 2. The number of para-hydroxylation sites is 1. The summed E-state index contributed by atoms with van der Waals surface area (Å²) in [6.07, 6.45) is 1.08. The Morgan fingerprint density at radius 2 is 2.00 bits per heavy atom. The summed E-state index contributed by atoms with van der Waals surface area (Å²) >= 11 is 0. The van der Waals surface area contributed by atoms with Crippen molar-refractivity contribution in [2.45, 2.75) is 26.9 Å². The lowest BCUT2D eigenvalue weighted by atomic mass is 10.2. The van der Waals surface area contributed by atoms with Crippen LogP contribution in [-0.4, -0.2) is 17.0 Å². The van der Waals surface area contributed by atoms with Crippen LogP contribution in [0.1, 0.15) is 18.1 Å². The van der Waals surface area contributed by atoms with Gasteiger partial charge in [-0.25, -0.2) is 4.98 Å². The van der Waals surface area contributed by atoms with Crippen LogP contribution in [0.5, 0.6) is 5.75 Å². The first-order valence-electron chi connectivity index (χ1n) is 6.52. The third-order valence-electron chi connectivity index (χ3n) is 2.93. The molecule has 0 saturated carbocycles. The van der Waals surface area contributed by atoms with E-state index in [1.807, 2.05) is 50.2 Å². The molecular formula is C16H18N2O2. The Labute approximate surface area is 118 Å². The predicted octanol–water partition coefficient (Wildman–Crippen LogP) is 3.10. The van der Waals surface area contributed by atoms with Crippen LogP contribution in [0.2, 0.25) is 0 Å². The molecular weight excluding hydrogens is 252 g/mol. The number of nitrogens with zero attached hydrogens (tertiary/aromatic N) is 1. The number of ether oxygens (including phenoxy) is 1. The molecule has 104 valence electrons. The molecule has 2 aromatic rings. The highest BCUT2D eigenvalue weighted by molar-refractivity contribution is 5.93. The third kappa shape index (κ3) is 3.57. The number of nitrogens with one attached hydrogen (secondary N) is 1. The van der Waals surface area contributed by atoms with Crippen LogP contribution in [0.25, 0.3) is 0 Å². The first kappa shape index (κ1) is 14.1. The van der Waals surface area contributed by atoms with Gasteiger partial charge in [0.25, 0.3) is 5.91 Å². The molecule has 0 radical (unpaired) electrons. The summed E-state index contributed by atoms with van der Waals surface area (Å²) in [6.45, 7) is 5.62. The number of hydrogen-bond donors (Lipinski definition) is 1. The molecule has 4 nitrogen and oxygen atoms in total. The quantitative estimate of drug-likeness (QED) is 0.928. The van der Waals surface area contributed by atoms with E-state index in [1.165, 1.54) is 0 Å². The molecule has 1 atom stereocenters. The van der Waals surface area contributed by atoms with E-state index in [0.29, 0.717) is 11.6 Å². The summed E-state index contributed by atoms with van der Waals surface area (Å²) in [4.78, 5) is 16.2. The summed E-state index contributed by atoms with van der Waals surface area (Å²) < 4.78 is 5.67. The molecule has 1 aromatic heterocycles. The highest BCUT2D eigenvalue weighted by Gasteiger charge is 2.16. The standard InChI is InChI=1S/C16H18N2O2/c1-11-8-9-17-15(10-11)18-16(19)13(3)20-14-7-5-4-6-12(14)2/h4-10,13H,1-3H3,(H,17,18,19)/t13-/m1/s1. The molecule has 1 amide bonds. The van der Waals surface area contributed by atoms with Gasteiger partial charge in [0.1, 0.15) is 11.6 Å². The molecule has 0 saturated heterocycles. The molecule has 1 N–H and O–H groups in total. The molecule has 0 fully saturated rings. The maximum Gasteiger partial charge on any atom is 0.266 e. The Balaban J connectivity index is 2.01. The fourth-order valence-electron chi connectivity index (χ4n) is 1.77. The molecule has 1 aromatic carbocycles. The molecule has 2 rings (SSSR count). The third-order valence-corrected chi connectivity index (χ3v) is 2.93. The lowest BCUT2D eigenvalue weighted by molar-refractivity contribution is -0.122. The van der Waals surface area contributed by atoms with Crippen LogP contribution in [0.3, 0.4) is 0 Å². The van der Waals surface area contributed by atoms with Crippen molar-refractivity contribution in [3.8, 4) is 5.75 Å². The highest BCUT2D eigenvalue weighted by Crippen LogP contribution is 2.18. The van der Waals surface area contributed by atoms with Gasteiger partial charge in [0.2, 0.25) is 0 Å². The molecule has 0 spiro atoms. The minimum Gasteiger partial charge on any atom is -0.481 e. The van der Waals surface area contributed by atoms with Gasteiger partial charge in [-0.2, -0.15) is 0 Å². The van der Waals surface area contributed by atoms with Gasteiger partial charge in [0.05, 0.1) is 0 Å². The lowest BCUT2D eigenvalue weighted by Gasteiger charge is -2.15. The van der Waals surface area contributed by atoms with E-state index in [9.17, 15) is 4.79 Å². The van der Waals surface area contributed by atoms with Crippen molar-refractivity contribution in [3.05, 3.63) is 53.7 Å². The van der Waals surface area contributed by atoms with E-state index in [0.717, 1.165) is 11.1 Å². The molecule has 0 bridgehead atoms. The largest absolute Gasteiger partial charge is 0.481 e. The second-order valence-electron chi connectivity index (χ2n) is 4.73. The number of amides is 1. The Morgan fingerprint density at radius 3 is 2.70 bits per heavy atom. The zero-order valence-corrected chi connectivity index (χ0v) is 11.9. The normalized spacial score (nSPS) is 11.8. The van der Waals surface area contributed by atoms with Crippen molar-refractivity contribution in [1.29, 1.82) is 0 Å². The highest BCUT2D eigenvalue weighted by atomic mass is 16.5. The van der Waals surface area contributed by atoms with Crippen molar-refractivity contribution < 1.29 is 9.53 Å². The van der Waals surface area contributed by atoms with Gasteiger partial charge < -0.3 is 10.1 Å². The van der Waals surface area contributed by atoms with E-state index < -0.39 is 6.10 Å². The van der Waals surface area contributed by atoms with Crippen molar-refractivity contribution >= 4 is 11.7 Å². The van der Waals surface area contributed by atoms with Gasteiger partial charge in [0, 0.05) is 6.20 Å². The van der Waals surface area contributed by atoms with Gasteiger partial charge in [-0.05, 0) is 50.1 Å². The van der Waals surface area contributed by atoms with E-state index in [4.69, 9.17) is 4.74 Å². The monoisotopic (exact) mass is 270 g/mol. The van der Waals surface area contributed by atoms with Crippen LogP contribution in [0, 0.1) is 13.8 Å². The SMILES string of the molecule is Cc1ccnc(NC(=O)[C@@H](C)Oc2ccccc2C)c1. The number of rotatable bonds is 4. The van der Waals surface area contributed by atoms with E-state index in [2.05, 4.69) is 10.3 Å². The molecule has 20 heavy (non-hydrogen) atoms. The average molecular weight is 270 g/mol.